The molecule has 102 valence electrons. The highest BCUT2D eigenvalue weighted by Gasteiger charge is 2.03. The zero-order valence-corrected chi connectivity index (χ0v) is 11.0. The van der Waals surface area contributed by atoms with Gasteiger partial charge in [-0.2, -0.15) is 5.10 Å². The third-order valence-electron chi connectivity index (χ3n) is 2.73. The van der Waals surface area contributed by atoms with Gasteiger partial charge in [0.25, 0.3) is 0 Å². The molecule has 1 aromatic heterocycles. The van der Waals surface area contributed by atoms with Crippen molar-refractivity contribution in [2.24, 2.45) is 0 Å². The highest BCUT2D eigenvalue weighted by molar-refractivity contribution is 5.41. The largest absolute Gasteiger partial charge is 0.504 e. The van der Waals surface area contributed by atoms with E-state index in [1.165, 1.54) is 0 Å². The van der Waals surface area contributed by atoms with Crippen LogP contribution in [0.15, 0.2) is 36.7 Å². The molecule has 0 aliphatic heterocycles. The van der Waals surface area contributed by atoms with Crippen LogP contribution in [0, 0.1) is 0 Å². The number of benzene rings is 1. The Morgan fingerprint density at radius 3 is 3.05 bits per heavy atom. The van der Waals surface area contributed by atoms with Gasteiger partial charge in [0.15, 0.2) is 11.5 Å². The Morgan fingerprint density at radius 1 is 1.42 bits per heavy atom. The summed E-state index contributed by atoms with van der Waals surface area (Å²) >= 11 is 0. The summed E-state index contributed by atoms with van der Waals surface area (Å²) in [6.45, 7) is 4.86. The normalized spacial score (nSPS) is 10.6. The molecule has 2 N–H and O–H groups in total. The summed E-state index contributed by atoms with van der Waals surface area (Å²) in [5, 5.41) is 17.1. The predicted molar refractivity (Wildman–Crippen MR) is 73.2 cm³/mol. The van der Waals surface area contributed by atoms with Crippen LogP contribution in [0.4, 0.5) is 0 Å². The van der Waals surface area contributed by atoms with Crippen molar-refractivity contribution in [3.63, 3.8) is 0 Å². The van der Waals surface area contributed by atoms with E-state index in [0.717, 1.165) is 25.2 Å². The highest BCUT2D eigenvalue weighted by Crippen LogP contribution is 2.26. The summed E-state index contributed by atoms with van der Waals surface area (Å²) in [7, 11) is 0. The first kappa shape index (κ1) is 13.4. The van der Waals surface area contributed by atoms with E-state index in [9.17, 15) is 5.11 Å². The summed E-state index contributed by atoms with van der Waals surface area (Å²) in [5.74, 6) is 0.719. The third-order valence-corrected chi connectivity index (χ3v) is 2.73. The van der Waals surface area contributed by atoms with E-state index in [1.807, 2.05) is 36.0 Å². The summed E-state index contributed by atoms with van der Waals surface area (Å²) in [6.07, 6.45) is 3.71. The van der Waals surface area contributed by atoms with Crippen LogP contribution in [0.25, 0.3) is 0 Å². The monoisotopic (exact) mass is 261 g/mol. The van der Waals surface area contributed by atoms with Gasteiger partial charge in [-0.3, -0.25) is 4.68 Å². The fraction of sp³-hybridized carbons (Fsp3) is 0.357. The second-order valence-electron chi connectivity index (χ2n) is 4.18. The van der Waals surface area contributed by atoms with Crippen LogP contribution >= 0.6 is 0 Å². The van der Waals surface area contributed by atoms with Gasteiger partial charge >= 0.3 is 0 Å². The average molecular weight is 261 g/mol. The molecule has 0 aliphatic carbocycles. The van der Waals surface area contributed by atoms with Crippen LogP contribution in [0.1, 0.15) is 12.5 Å². The molecule has 0 fully saturated rings. The minimum absolute atomic E-state index is 0.183. The molecule has 5 nitrogen and oxygen atoms in total. The lowest BCUT2D eigenvalue weighted by Crippen LogP contribution is -2.19. The van der Waals surface area contributed by atoms with Crippen molar-refractivity contribution in [3.8, 4) is 11.5 Å². The zero-order valence-electron chi connectivity index (χ0n) is 11.0. The number of aromatic hydroxyl groups is 1. The molecular weight excluding hydrogens is 242 g/mol. The van der Waals surface area contributed by atoms with Gasteiger partial charge in [-0.05, 0) is 30.7 Å². The molecule has 0 amide bonds. The maximum absolute atomic E-state index is 9.61. The van der Waals surface area contributed by atoms with Crippen LogP contribution in [0.5, 0.6) is 11.5 Å². The fourth-order valence-corrected chi connectivity index (χ4v) is 1.80. The van der Waals surface area contributed by atoms with Gasteiger partial charge in [-0.15, -0.1) is 0 Å². The Bertz CT molecular complexity index is 497. The number of nitrogens with one attached hydrogen (secondary N) is 1. The predicted octanol–water partition coefficient (Wildman–Crippen LogP) is 1.78. The SMILES string of the molecule is CCOc1cc(CNCCn2cccn2)ccc1O. The van der Waals surface area contributed by atoms with Crippen LogP contribution in [0.3, 0.4) is 0 Å². The smallest absolute Gasteiger partial charge is 0.161 e. The van der Waals surface area contributed by atoms with Crippen molar-refractivity contribution in [1.82, 2.24) is 15.1 Å². The molecule has 0 radical (unpaired) electrons. The van der Waals surface area contributed by atoms with Crippen LogP contribution < -0.4 is 10.1 Å². The van der Waals surface area contributed by atoms with Crippen molar-refractivity contribution < 1.29 is 9.84 Å². The van der Waals surface area contributed by atoms with Crippen molar-refractivity contribution in [2.45, 2.75) is 20.0 Å². The molecular formula is C14H19N3O2. The fourth-order valence-electron chi connectivity index (χ4n) is 1.80. The minimum atomic E-state index is 0.183. The van der Waals surface area contributed by atoms with Gasteiger partial charge in [0.05, 0.1) is 13.2 Å². The molecule has 0 atom stereocenters. The molecule has 0 unspecified atom stereocenters. The molecule has 1 heterocycles. The molecule has 1 aromatic carbocycles. The lowest BCUT2D eigenvalue weighted by molar-refractivity contribution is 0.317. The number of nitrogens with zero attached hydrogens (tertiary/aromatic N) is 2. The molecule has 2 rings (SSSR count). The van der Waals surface area contributed by atoms with Gasteiger partial charge < -0.3 is 15.2 Å². The van der Waals surface area contributed by atoms with Crippen molar-refractivity contribution >= 4 is 0 Å². The van der Waals surface area contributed by atoms with E-state index in [1.54, 1.807) is 12.3 Å². The van der Waals surface area contributed by atoms with Gasteiger partial charge in [0, 0.05) is 25.5 Å². The number of phenols is 1. The maximum Gasteiger partial charge on any atom is 0.161 e. The lowest BCUT2D eigenvalue weighted by atomic mass is 10.2. The van der Waals surface area contributed by atoms with E-state index in [0.29, 0.717) is 12.4 Å². The highest BCUT2D eigenvalue weighted by atomic mass is 16.5. The standard InChI is InChI=1S/C14H19N3O2/c1-2-19-14-10-12(4-5-13(14)18)11-15-7-9-17-8-3-6-16-17/h3-6,8,10,15,18H,2,7,9,11H2,1H3. The molecule has 2 aromatic rings. The third kappa shape index (κ3) is 3.99. The Labute approximate surface area is 112 Å². The van der Waals surface area contributed by atoms with E-state index >= 15 is 0 Å². The summed E-state index contributed by atoms with van der Waals surface area (Å²) < 4.78 is 7.23. The number of hydrogen-bond donors (Lipinski definition) is 2. The van der Waals surface area contributed by atoms with Crippen LogP contribution in [0.2, 0.25) is 0 Å². The van der Waals surface area contributed by atoms with Crippen LogP contribution in [-0.2, 0) is 13.1 Å². The number of hydrogen-bond acceptors (Lipinski definition) is 4. The van der Waals surface area contributed by atoms with Gasteiger partial charge in [-0.25, -0.2) is 0 Å². The molecule has 0 aliphatic rings. The summed E-state index contributed by atoms with van der Waals surface area (Å²) in [4.78, 5) is 0. The maximum atomic E-state index is 9.61. The Morgan fingerprint density at radius 2 is 2.32 bits per heavy atom. The zero-order chi connectivity index (χ0) is 13.5. The van der Waals surface area contributed by atoms with Gasteiger partial charge in [0.2, 0.25) is 0 Å². The topological polar surface area (TPSA) is 59.3 Å². The van der Waals surface area contributed by atoms with E-state index in [-0.39, 0.29) is 5.75 Å². The Hall–Kier alpha value is -2.01. The number of aromatic nitrogens is 2. The summed E-state index contributed by atoms with van der Waals surface area (Å²) in [5.41, 5.74) is 1.08. The minimum Gasteiger partial charge on any atom is -0.504 e. The van der Waals surface area contributed by atoms with Crippen molar-refractivity contribution in [3.05, 3.63) is 42.2 Å². The van der Waals surface area contributed by atoms with E-state index in [4.69, 9.17) is 4.74 Å². The molecule has 19 heavy (non-hydrogen) atoms. The molecule has 0 bridgehead atoms. The number of phenolic OH excluding ortho intramolecular Hbond substituents is 1. The Kier molecular flexibility index (Phi) is 4.80. The number of rotatable bonds is 7. The number of ether oxygens (including phenoxy) is 1. The van der Waals surface area contributed by atoms with Crippen molar-refractivity contribution in [1.29, 1.82) is 0 Å². The second-order valence-corrected chi connectivity index (χ2v) is 4.18. The van der Waals surface area contributed by atoms with Gasteiger partial charge in [0.1, 0.15) is 0 Å². The molecule has 0 saturated carbocycles. The molecule has 0 spiro atoms. The average Bonchev–Trinajstić information content (AvgIpc) is 2.92. The summed E-state index contributed by atoms with van der Waals surface area (Å²) in [6, 6.07) is 7.32. The molecule has 5 heteroatoms. The first-order valence-electron chi connectivity index (χ1n) is 6.42. The molecule has 0 saturated heterocycles. The first-order valence-corrected chi connectivity index (χ1v) is 6.42. The van der Waals surface area contributed by atoms with E-state index in [2.05, 4.69) is 10.4 Å². The first-order chi connectivity index (χ1) is 9.29. The lowest BCUT2D eigenvalue weighted by Gasteiger charge is -2.09. The quantitative estimate of drug-likeness (QED) is 0.746. The van der Waals surface area contributed by atoms with E-state index < -0.39 is 0 Å². The Balaban J connectivity index is 1.80. The van der Waals surface area contributed by atoms with Crippen molar-refractivity contribution in [2.75, 3.05) is 13.2 Å². The second kappa shape index (κ2) is 6.80. The van der Waals surface area contributed by atoms with Gasteiger partial charge in [-0.1, -0.05) is 6.07 Å². The van der Waals surface area contributed by atoms with Crippen LogP contribution in [-0.4, -0.2) is 28.0 Å².